The van der Waals surface area contributed by atoms with E-state index in [1.807, 2.05) is 11.8 Å². The van der Waals surface area contributed by atoms with Crippen LogP contribution in [0.15, 0.2) is 70.5 Å². The van der Waals surface area contributed by atoms with Crippen molar-refractivity contribution in [2.24, 2.45) is 0 Å². The quantitative estimate of drug-likeness (QED) is 0.414. The molecule has 0 unspecified atom stereocenters. The van der Waals surface area contributed by atoms with Crippen molar-refractivity contribution in [1.82, 2.24) is 0 Å². The van der Waals surface area contributed by atoms with Crippen molar-refractivity contribution < 1.29 is 0 Å². The summed E-state index contributed by atoms with van der Waals surface area (Å²) in [6.07, 6.45) is 0. The lowest BCUT2D eigenvalue weighted by Gasteiger charge is -2.25. The molecule has 1 aliphatic carbocycles. The molecule has 1 heterocycles. The molecule has 3 aromatic carbocycles. The van der Waals surface area contributed by atoms with Crippen LogP contribution in [-0.4, -0.2) is 0 Å². The van der Waals surface area contributed by atoms with E-state index in [2.05, 4.69) is 79.8 Å². The lowest BCUT2D eigenvalue weighted by atomic mass is 9.82. The molecule has 0 amide bonds. The van der Waals surface area contributed by atoms with Gasteiger partial charge in [-0.1, -0.05) is 62.0 Å². The molecular formula is C21H17NS. The minimum absolute atomic E-state index is 0.0598. The van der Waals surface area contributed by atoms with Crippen molar-refractivity contribution in [3.63, 3.8) is 0 Å². The predicted octanol–water partition coefficient (Wildman–Crippen LogP) is 6.20. The van der Waals surface area contributed by atoms with E-state index in [-0.39, 0.29) is 5.41 Å². The van der Waals surface area contributed by atoms with Gasteiger partial charge in [0.15, 0.2) is 0 Å². The molecule has 0 bridgehead atoms. The zero-order valence-corrected chi connectivity index (χ0v) is 14.0. The van der Waals surface area contributed by atoms with E-state index >= 15 is 0 Å². The van der Waals surface area contributed by atoms with Crippen LogP contribution in [0, 0.1) is 0 Å². The van der Waals surface area contributed by atoms with Crippen molar-refractivity contribution in [2.75, 3.05) is 5.32 Å². The molecule has 112 valence electrons. The lowest BCUT2D eigenvalue weighted by molar-refractivity contribution is 0.660. The fourth-order valence-electron chi connectivity index (χ4n) is 3.83. The monoisotopic (exact) mass is 315 g/mol. The molecule has 3 aromatic rings. The number of anilines is 2. The Kier molecular flexibility index (Phi) is 2.55. The van der Waals surface area contributed by atoms with Gasteiger partial charge in [0.1, 0.15) is 0 Å². The van der Waals surface area contributed by atoms with Crippen LogP contribution in [0.4, 0.5) is 11.4 Å². The molecule has 1 N–H and O–H groups in total. The first-order valence-electron chi connectivity index (χ1n) is 7.97. The van der Waals surface area contributed by atoms with Crippen LogP contribution in [0.1, 0.15) is 25.0 Å². The first kappa shape index (κ1) is 13.3. The highest BCUT2D eigenvalue weighted by Crippen LogP contribution is 2.53. The van der Waals surface area contributed by atoms with Gasteiger partial charge in [-0.05, 0) is 46.5 Å². The van der Waals surface area contributed by atoms with E-state index in [9.17, 15) is 0 Å². The first-order valence-corrected chi connectivity index (χ1v) is 8.78. The summed E-state index contributed by atoms with van der Waals surface area (Å²) in [5.74, 6) is 0. The summed E-state index contributed by atoms with van der Waals surface area (Å²) in [5.41, 5.74) is 8.12. The molecule has 1 aliphatic heterocycles. The van der Waals surface area contributed by atoms with E-state index in [0.717, 1.165) is 0 Å². The van der Waals surface area contributed by atoms with Crippen LogP contribution in [0.25, 0.3) is 11.1 Å². The van der Waals surface area contributed by atoms with Gasteiger partial charge in [0, 0.05) is 15.2 Å². The standard InChI is InChI=1S/C21H17NS/c1-21(2)15-8-4-3-7-13(15)14-11-20-18(12-16(14)21)22-17-9-5-6-10-19(17)23-20/h3-12,22H,1-2H3. The molecule has 2 aliphatic rings. The molecule has 0 atom stereocenters. The normalized spacial score (nSPS) is 15.9. The van der Waals surface area contributed by atoms with E-state index in [1.54, 1.807) is 0 Å². The first-order chi connectivity index (χ1) is 11.1. The fraction of sp³-hybridized carbons (Fsp3) is 0.143. The highest BCUT2D eigenvalue weighted by atomic mass is 32.2. The zero-order chi connectivity index (χ0) is 15.6. The molecule has 1 nitrogen and oxygen atoms in total. The maximum absolute atomic E-state index is 3.61. The van der Waals surface area contributed by atoms with Gasteiger partial charge in [0.05, 0.1) is 11.4 Å². The summed E-state index contributed by atoms with van der Waals surface area (Å²) in [6.45, 7) is 4.65. The Balaban J connectivity index is 1.74. The lowest BCUT2D eigenvalue weighted by Crippen LogP contribution is -2.15. The smallest absolute Gasteiger partial charge is 0.0529 e. The summed E-state index contributed by atoms with van der Waals surface area (Å²) >= 11 is 1.86. The summed E-state index contributed by atoms with van der Waals surface area (Å²) in [6, 6.07) is 22.1. The number of hydrogen-bond donors (Lipinski definition) is 1. The SMILES string of the molecule is CC1(C)c2ccccc2-c2cc3c(cc21)Nc1ccccc1S3. The third-order valence-electron chi connectivity index (χ3n) is 5.06. The van der Waals surface area contributed by atoms with Crippen LogP contribution in [-0.2, 0) is 5.41 Å². The van der Waals surface area contributed by atoms with E-state index in [1.165, 1.54) is 43.4 Å². The zero-order valence-electron chi connectivity index (χ0n) is 13.2. The summed E-state index contributed by atoms with van der Waals surface area (Å²) < 4.78 is 0. The minimum atomic E-state index is 0.0598. The third-order valence-corrected chi connectivity index (χ3v) is 6.19. The van der Waals surface area contributed by atoms with Gasteiger partial charge < -0.3 is 5.32 Å². The summed E-state index contributed by atoms with van der Waals surface area (Å²) in [7, 11) is 0. The third kappa shape index (κ3) is 1.76. The average Bonchev–Trinajstić information content (AvgIpc) is 2.79. The minimum Gasteiger partial charge on any atom is -0.354 e. The molecule has 0 saturated heterocycles. The maximum atomic E-state index is 3.61. The molecule has 5 rings (SSSR count). The van der Waals surface area contributed by atoms with Gasteiger partial charge >= 0.3 is 0 Å². The van der Waals surface area contributed by atoms with Crippen LogP contribution in [0.5, 0.6) is 0 Å². The van der Waals surface area contributed by atoms with Gasteiger partial charge in [-0.25, -0.2) is 0 Å². The number of fused-ring (bicyclic) bond motifs is 5. The Hall–Kier alpha value is -2.19. The van der Waals surface area contributed by atoms with E-state index in [4.69, 9.17) is 0 Å². The molecule has 0 aromatic heterocycles. The fourth-order valence-corrected chi connectivity index (χ4v) is 4.84. The molecule has 2 heteroatoms. The molecule has 0 saturated carbocycles. The summed E-state index contributed by atoms with van der Waals surface area (Å²) in [5, 5.41) is 3.61. The second kappa shape index (κ2) is 4.42. The van der Waals surface area contributed by atoms with Gasteiger partial charge in [0.25, 0.3) is 0 Å². The van der Waals surface area contributed by atoms with Gasteiger partial charge in [-0.2, -0.15) is 0 Å². The predicted molar refractivity (Wildman–Crippen MR) is 97.9 cm³/mol. The highest BCUT2D eigenvalue weighted by Gasteiger charge is 2.36. The van der Waals surface area contributed by atoms with Gasteiger partial charge in [-0.3, -0.25) is 0 Å². The van der Waals surface area contributed by atoms with Crippen molar-refractivity contribution >= 4 is 23.1 Å². The number of nitrogens with one attached hydrogen (secondary N) is 1. The van der Waals surface area contributed by atoms with Crippen LogP contribution < -0.4 is 5.32 Å². The van der Waals surface area contributed by atoms with E-state index in [0.29, 0.717) is 0 Å². The van der Waals surface area contributed by atoms with Crippen LogP contribution >= 0.6 is 11.8 Å². The Morgan fingerprint density at radius 2 is 1.52 bits per heavy atom. The largest absolute Gasteiger partial charge is 0.354 e. The maximum Gasteiger partial charge on any atom is 0.0529 e. The van der Waals surface area contributed by atoms with Gasteiger partial charge in [-0.15, -0.1) is 0 Å². The average molecular weight is 315 g/mol. The second-order valence-corrected chi connectivity index (χ2v) is 7.87. The number of hydrogen-bond acceptors (Lipinski definition) is 2. The van der Waals surface area contributed by atoms with Crippen molar-refractivity contribution in [1.29, 1.82) is 0 Å². The molecular weight excluding hydrogens is 298 g/mol. The Morgan fingerprint density at radius 3 is 2.43 bits per heavy atom. The molecule has 0 radical (unpaired) electrons. The van der Waals surface area contributed by atoms with E-state index < -0.39 is 0 Å². The van der Waals surface area contributed by atoms with Crippen molar-refractivity contribution in [3.8, 4) is 11.1 Å². The Bertz CT molecular complexity index is 956. The topological polar surface area (TPSA) is 12.0 Å². The highest BCUT2D eigenvalue weighted by molar-refractivity contribution is 7.99. The number of rotatable bonds is 0. The second-order valence-electron chi connectivity index (χ2n) is 6.79. The molecule has 0 fully saturated rings. The Labute approximate surface area is 140 Å². The molecule has 23 heavy (non-hydrogen) atoms. The number of para-hydroxylation sites is 1. The van der Waals surface area contributed by atoms with Crippen molar-refractivity contribution in [3.05, 3.63) is 71.8 Å². The Morgan fingerprint density at radius 1 is 0.739 bits per heavy atom. The van der Waals surface area contributed by atoms with Crippen molar-refractivity contribution in [2.45, 2.75) is 29.1 Å². The van der Waals surface area contributed by atoms with Gasteiger partial charge in [0.2, 0.25) is 0 Å². The molecule has 0 spiro atoms. The van der Waals surface area contributed by atoms with Crippen LogP contribution in [0.2, 0.25) is 0 Å². The van der Waals surface area contributed by atoms with Crippen LogP contribution in [0.3, 0.4) is 0 Å². The number of benzene rings is 3. The summed E-state index contributed by atoms with van der Waals surface area (Å²) in [4.78, 5) is 2.61.